The van der Waals surface area contributed by atoms with Gasteiger partial charge < -0.3 is 4.90 Å². The molecule has 1 aliphatic carbocycles. The SMILES string of the molecule is N#CC1CCCN1C(=O)C1CCC(C(F)(F)F)CC1. The van der Waals surface area contributed by atoms with Crippen molar-refractivity contribution in [1.82, 2.24) is 4.90 Å². The minimum Gasteiger partial charge on any atom is -0.326 e. The summed E-state index contributed by atoms with van der Waals surface area (Å²) >= 11 is 0. The van der Waals surface area contributed by atoms with Crippen LogP contribution in [0.4, 0.5) is 13.2 Å². The molecule has 1 amide bonds. The first-order valence-electron chi connectivity index (χ1n) is 6.70. The van der Waals surface area contributed by atoms with Crippen molar-refractivity contribution in [3.05, 3.63) is 0 Å². The van der Waals surface area contributed by atoms with Gasteiger partial charge in [-0.05, 0) is 38.5 Å². The molecule has 2 rings (SSSR count). The zero-order valence-electron chi connectivity index (χ0n) is 10.6. The maximum atomic E-state index is 12.5. The van der Waals surface area contributed by atoms with Crippen LogP contribution in [0.15, 0.2) is 0 Å². The molecule has 0 spiro atoms. The summed E-state index contributed by atoms with van der Waals surface area (Å²) in [5.74, 6) is -1.71. The summed E-state index contributed by atoms with van der Waals surface area (Å²) in [6, 6.07) is 1.71. The first-order valence-corrected chi connectivity index (χ1v) is 6.70. The second kappa shape index (κ2) is 5.40. The zero-order chi connectivity index (χ0) is 14.0. The molecule has 0 aromatic heterocycles. The Bertz CT molecular complexity index is 380. The lowest BCUT2D eigenvalue weighted by molar-refractivity contribution is -0.185. The van der Waals surface area contributed by atoms with Gasteiger partial charge in [0.2, 0.25) is 5.91 Å². The number of amides is 1. The number of carbonyl (C=O) groups is 1. The van der Waals surface area contributed by atoms with Crippen LogP contribution in [0, 0.1) is 23.2 Å². The normalized spacial score (nSPS) is 32.1. The second-order valence-electron chi connectivity index (χ2n) is 5.41. The van der Waals surface area contributed by atoms with Crippen molar-refractivity contribution in [3.63, 3.8) is 0 Å². The van der Waals surface area contributed by atoms with Crippen LogP contribution in [-0.4, -0.2) is 29.6 Å². The highest BCUT2D eigenvalue weighted by molar-refractivity contribution is 5.79. The van der Waals surface area contributed by atoms with E-state index in [0.717, 1.165) is 6.42 Å². The number of nitrogens with zero attached hydrogens (tertiary/aromatic N) is 2. The molecule has 1 aliphatic heterocycles. The summed E-state index contributed by atoms with van der Waals surface area (Å²) in [5.41, 5.74) is 0. The van der Waals surface area contributed by atoms with E-state index in [0.29, 0.717) is 13.0 Å². The second-order valence-corrected chi connectivity index (χ2v) is 5.41. The molecule has 0 N–H and O–H groups in total. The van der Waals surface area contributed by atoms with Gasteiger partial charge in [0.1, 0.15) is 6.04 Å². The van der Waals surface area contributed by atoms with Gasteiger partial charge in [0.25, 0.3) is 0 Å². The van der Waals surface area contributed by atoms with Crippen molar-refractivity contribution in [3.8, 4) is 6.07 Å². The lowest BCUT2D eigenvalue weighted by atomic mass is 9.81. The lowest BCUT2D eigenvalue weighted by Crippen LogP contribution is -2.41. The Morgan fingerprint density at radius 2 is 1.79 bits per heavy atom. The number of rotatable bonds is 1. The van der Waals surface area contributed by atoms with Crippen LogP contribution in [0.3, 0.4) is 0 Å². The first kappa shape index (κ1) is 14.2. The third-order valence-corrected chi connectivity index (χ3v) is 4.22. The molecule has 1 heterocycles. The van der Waals surface area contributed by atoms with Crippen molar-refractivity contribution in [2.24, 2.45) is 11.8 Å². The minimum atomic E-state index is -4.14. The summed E-state index contributed by atoms with van der Waals surface area (Å²) in [5, 5.41) is 8.94. The molecule has 1 atom stereocenters. The molecule has 0 aromatic rings. The third kappa shape index (κ3) is 3.02. The smallest absolute Gasteiger partial charge is 0.326 e. The minimum absolute atomic E-state index is 0.0327. The summed E-state index contributed by atoms with van der Waals surface area (Å²) < 4.78 is 37.6. The van der Waals surface area contributed by atoms with Crippen LogP contribution in [0.2, 0.25) is 0 Å². The fourth-order valence-corrected chi connectivity index (χ4v) is 3.07. The van der Waals surface area contributed by atoms with Crippen LogP contribution in [0.1, 0.15) is 38.5 Å². The topological polar surface area (TPSA) is 44.1 Å². The van der Waals surface area contributed by atoms with Crippen molar-refractivity contribution >= 4 is 5.91 Å². The van der Waals surface area contributed by atoms with Gasteiger partial charge >= 0.3 is 6.18 Å². The van der Waals surface area contributed by atoms with Gasteiger partial charge in [0.05, 0.1) is 12.0 Å². The summed E-state index contributed by atoms with van der Waals surface area (Å²) in [6.07, 6.45) is -2.01. The molecule has 0 aromatic carbocycles. The lowest BCUT2D eigenvalue weighted by Gasteiger charge is -2.32. The molecule has 6 heteroatoms. The predicted molar refractivity (Wildman–Crippen MR) is 61.9 cm³/mol. The molecule has 2 fully saturated rings. The summed E-state index contributed by atoms with van der Waals surface area (Å²) in [4.78, 5) is 13.8. The van der Waals surface area contributed by atoms with Gasteiger partial charge in [0.15, 0.2) is 0 Å². The Hall–Kier alpha value is -1.25. The third-order valence-electron chi connectivity index (χ3n) is 4.22. The number of carbonyl (C=O) groups excluding carboxylic acids is 1. The van der Waals surface area contributed by atoms with Gasteiger partial charge in [0, 0.05) is 12.5 Å². The van der Waals surface area contributed by atoms with Crippen LogP contribution >= 0.6 is 0 Å². The average Bonchev–Trinajstić information content (AvgIpc) is 2.85. The van der Waals surface area contributed by atoms with Crippen LogP contribution in [-0.2, 0) is 4.79 Å². The van der Waals surface area contributed by atoms with Gasteiger partial charge in [-0.25, -0.2) is 0 Å². The maximum Gasteiger partial charge on any atom is 0.391 e. The summed E-state index contributed by atoms with van der Waals surface area (Å²) in [7, 11) is 0. The Morgan fingerprint density at radius 3 is 2.32 bits per heavy atom. The molecule has 3 nitrogen and oxygen atoms in total. The number of hydrogen-bond donors (Lipinski definition) is 0. The van der Waals surface area contributed by atoms with E-state index in [2.05, 4.69) is 6.07 Å². The largest absolute Gasteiger partial charge is 0.391 e. The van der Waals surface area contributed by atoms with Crippen molar-refractivity contribution in [2.45, 2.75) is 50.7 Å². The highest BCUT2D eigenvalue weighted by Crippen LogP contribution is 2.40. The van der Waals surface area contributed by atoms with Gasteiger partial charge in [-0.2, -0.15) is 18.4 Å². The van der Waals surface area contributed by atoms with Gasteiger partial charge in [-0.3, -0.25) is 4.79 Å². The van der Waals surface area contributed by atoms with Crippen LogP contribution < -0.4 is 0 Å². The monoisotopic (exact) mass is 274 g/mol. The van der Waals surface area contributed by atoms with E-state index in [1.165, 1.54) is 0 Å². The van der Waals surface area contributed by atoms with E-state index in [9.17, 15) is 18.0 Å². The molecular weight excluding hydrogens is 257 g/mol. The van der Waals surface area contributed by atoms with Crippen molar-refractivity contribution in [1.29, 1.82) is 5.26 Å². The van der Waals surface area contributed by atoms with Gasteiger partial charge in [-0.15, -0.1) is 0 Å². The molecule has 0 bridgehead atoms. The number of halogens is 3. The van der Waals surface area contributed by atoms with E-state index in [4.69, 9.17) is 5.26 Å². The number of nitriles is 1. The summed E-state index contributed by atoms with van der Waals surface area (Å²) in [6.45, 7) is 0.566. The fourth-order valence-electron chi connectivity index (χ4n) is 3.07. The van der Waals surface area contributed by atoms with Gasteiger partial charge in [-0.1, -0.05) is 0 Å². The highest BCUT2D eigenvalue weighted by atomic mass is 19.4. The predicted octanol–water partition coefficient (Wildman–Crippen LogP) is 2.87. The highest BCUT2D eigenvalue weighted by Gasteiger charge is 2.43. The van der Waals surface area contributed by atoms with E-state index in [1.807, 2.05) is 0 Å². The Labute approximate surface area is 110 Å². The molecule has 1 saturated heterocycles. The molecule has 19 heavy (non-hydrogen) atoms. The molecule has 1 saturated carbocycles. The Kier molecular flexibility index (Phi) is 4.02. The maximum absolute atomic E-state index is 12.5. The first-order chi connectivity index (χ1) is 8.93. The van der Waals surface area contributed by atoms with Crippen LogP contribution in [0.5, 0.6) is 0 Å². The van der Waals surface area contributed by atoms with E-state index in [-0.39, 0.29) is 43.6 Å². The fraction of sp³-hybridized carbons (Fsp3) is 0.846. The quantitative estimate of drug-likeness (QED) is 0.738. The van der Waals surface area contributed by atoms with E-state index >= 15 is 0 Å². The molecule has 2 aliphatic rings. The number of alkyl halides is 3. The van der Waals surface area contributed by atoms with Crippen molar-refractivity contribution in [2.75, 3.05) is 6.54 Å². The number of hydrogen-bond acceptors (Lipinski definition) is 2. The average molecular weight is 274 g/mol. The van der Waals surface area contributed by atoms with E-state index in [1.54, 1.807) is 4.90 Å². The molecule has 106 valence electrons. The molecule has 1 unspecified atom stereocenters. The standard InChI is InChI=1S/C13H17F3N2O/c14-13(15,16)10-5-3-9(4-6-10)12(19)18-7-1-2-11(18)8-17/h9-11H,1-7H2. The van der Waals surface area contributed by atoms with E-state index < -0.39 is 12.1 Å². The molecule has 0 radical (unpaired) electrons. The van der Waals surface area contributed by atoms with Crippen LogP contribution in [0.25, 0.3) is 0 Å². The van der Waals surface area contributed by atoms with Crippen molar-refractivity contribution < 1.29 is 18.0 Å². The Morgan fingerprint density at radius 1 is 1.16 bits per heavy atom. The number of likely N-dealkylation sites (tertiary alicyclic amines) is 1. The molecular formula is C13H17F3N2O. The Balaban J connectivity index is 1.91. The zero-order valence-corrected chi connectivity index (χ0v) is 10.6.